The number of nitrogens with one attached hydrogen (secondary N) is 2. The van der Waals surface area contributed by atoms with E-state index in [0.717, 1.165) is 13.1 Å². The van der Waals surface area contributed by atoms with Gasteiger partial charge in [-0.05, 0) is 35.1 Å². The molecule has 3 rings (SSSR count). The molecule has 0 spiro atoms. The van der Waals surface area contributed by atoms with Crippen molar-refractivity contribution in [3.8, 4) is 0 Å². The van der Waals surface area contributed by atoms with Crippen LogP contribution in [0, 0.1) is 0 Å². The van der Waals surface area contributed by atoms with Gasteiger partial charge in [-0.1, -0.05) is 26.8 Å². The number of fused-ring (bicyclic) bond motifs is 3. The minimum Gasteiger partial charge on any atom is -0.357 e. The van der Waals surface area contributed by atoms with Crippen molar-refractivity contribution in [3.05, 3.63) is 35.0 Å². The first-order valence-electron chi connectivity index (χ1n) is 6.52. The lowest BCUT2D eigenvalue weighted by molar-refractivity contribution is 0.568. The highest BCUT2D eigenvalue weighted by molar-refractivity contribution is 5.86. The smallest absolute Gasteiger partial charge is 0.0459 e. The second-order valence-electron chi connectivity index (χ2n) is 5.51. The van der Waals surface area contributed by atoms with Crippen LogP contribution in [0.25, 0.3) is 10.9 Å². The van der Waals surface area contributed by atoms with Crippen LogP contribution >= 0.6 is 0 Å². The summed E-state index contributed by atoms with van der Waals surface area (Å²) in [7, 11) is 0. The van der Waals surface area contributed by atoms with E-state index in [9.17, 15) is 0 Å². The van der Waals surface area contributed by atoms with Crippen molar-refractivity contribution in [2.24, 2.45) is 0 Å². The average Bonchev–Trinajstić information content (AvgIpc) is 2.67. The Bertz CT molecular complexity index is 551. The summed E-state index contributed by atoms with van der Waals surface area (Å²) in [5.41, 5.74) is 5.63. The Morgan fingerprint density at radius 3 is 2.88 bits per heavy atom. The number of aromatic nitrogens is 1. The molecule has 2 heteroatoms. The van der Waals surface area contributed by atoms with E-state index in [2.05, 4.69) is 49.3 Å². The van der Waals surface area contributed by atoms with Gasteiger partial charge in [0.1, 0.15) is 0 Å². The van der Waals surface area contributed by atoms with Crippen molar-refractivity contribution in [1.82, 2.24) is 10.3 Å². The van der Waals surface area contributed by atoms with E-state index in [4.69, 9.17) is 0 Å². The van der Waals surface area contributed by atoms with E-state index in [1.807, 2.05) is 0 Å². The van der Waals surface area contributed by atoms with Gasteiger partial charge in [0.05, 0.1) is 0 Å². The Balaban J connectivity index is 2.24. The molecule has 90 valence electrons. The lowest BCUT2D eigenvalue weighted by atomic mass is 9.92. The number of rotatable bonds is 1. The van der Waals surface area contributed by atoms with Crippen molar-refractivity contribution in [2.45, 2.75) is 39.2 Å². The van der Waals surface area contributed by atoms with Gasteiger partial charge in [0, 0.05) is 29.7 Å². The number of aromatic amines is 1. The molecular formula is C15H20N2. The minimum atomic E-state index is 0.599. The Kier molecular flexibility index (Phi) is 2.48. The highest BCUT2D eigenvalue weighted by atomic mass is 14.9. The molecule has 2 aromatic rings. The van der Waals surface area contributed by atoms with Crippen LogP contribution in [-0.4, -0.2) is 11.5 Å². The molecule has 1 aromatic carbocycles. The summed E-state index contributed by atoms with van der Waals surface area (Å²) in [6.07, 6.45) is 0. The van der Waals surface area contributed by atoms with Crippen LogP contribution in [0.5, 0.6) is 0 Å². The molecule has 17 heavy (non-hydrogen) atoms. The Morgan fingerprint density at radius 1 is 1.29 bits per heavy atom. The van der Waals surface area contributed by atoms with Gasteiger partial charge in [-0.3, -0.25) is 0 Å². The molecule has 0 aliphatic carbocycles. The zero-order chi connectivity index (χ0) is 12.0. The van der Waals surface area contributed by atoms with Crippen molar-refractivity contribution < 1.29 is 0 Å². The molecule has 2 N–H and O–H groups in total. The van der Waals surface area contributed by atoms with Gasteiger partial charge < -0.3 is 10.3 Å². The molecule has 2 nitrogen and oxygen atoms in total. The molecule has 0 radical (unpaired) electrons. The van der Waals surface area contributed by atoms with Gasteiger partial charge >= 0.3 is 0 Å². The molecule has 1 atom stereocenters. The Labute approximate surface area is 102 Å². The summed E-state index contributed by atoms with van der Waals surface area (Å²) in [5.74, 6) is 1.21. The van der Waals surface area contributed by atoms with Crippen LogP contribution in [0.2, 0.25) is 0 Å². The number of benzene rings is 1. The van der Waals surface area contributed by atoms with E-state index >= 15 is 0 Å². The summed E-state index contributed by atoms with van der Waals surface area (Å²) < 4.78 is 0. The molecule has 1 aliphatic rings. The third-order valence-electron chi connectivity index (χ3n) is 3.86. The van der Waals surface area contributed by atoms with Crippen LogP contribution in [0.4, 0.5) is 0 Å². The van der Waals surface area contributed by atoms with Gasteiger partial charge in [-0.25, -0.2) is 0 Å². The van der Waals surface area contributed by atoms with Gasteiger partial charge in [-0.15, -0.1) is 0 Å². The van der Waals surface area contributed by atoms with Crippen LogP contribution in [-0.2, 0) is 6.54 Å². The van der Waals surface area contributed by atoms with Crippen molar-refractivity contribution in [2.75, 3.05) is 6.54 Å². The molecule has 0 saturated heterocycles. The fourth-order valence-corrected chi connectivity index (χ4v) is 2.86. The second kappa shape index (κ2) is 3.88. The molecule has 0 saturated carbocycles. The fraction of sp³-hybridized carbons (Fsp3) is 0.467. The van der Waals surface area contributed by atoms with Gasteiger partial charge in [0.25, 0.3) is 0 Å². The molecule has 1 unspecified atom stereocenters. The van der Waals surface area contributed by atoms with E-state index in [0.29, 0.717) is 11.8 Å². The zero-order valence-electron chi connectivity index (χ0n) is 10.8. The molecule has 1 aromatic heterocycles. The highest BCUT2D eigenvalue weighted by Gasteiger charge is 2.21. The van der Waals surface area contributed by atoms with E-state index in [1.54, 1.807) is 0 Å². The van der Waals surface area contributed by atoms with Crippen molar-refractivity contribution in [3.63, 3.8) is 0 Å². The SMILES string of the molecule is CC(C)c1ccc2[nH]c3c(c2c1)C(C)CNC3. The third kappa shape index (κ3) is 1.67. The van der Waals surface area contributed by atoms with Crippen LogP contribution < -0.4 is 5.32 Å². The third-order valence-corrected chi connectivity index (χ3v) is 3.86. The summed E-state index contributed by atoms with van der Waals surface area (Å²) in [6, 6.07) is 6.85. The van der Waals surface area contributed by atoms with Crippen molar-refractivity contribution >= 4 is 10.9 Å². The number of H-pyrrole nitrogens is 1. The maximum absolute atomic E-state index is 3.55. The van der Waals surface area contributed by atoms with Gasteiger partial charge in [-0.2, -0.15) is 0 Å². The second-order valence-corrected chi connectivity index (χ2v) is 5.51. The van der Waals surface area contributed by atoms with Gasteiger partial charge in [0.2, 0.25) is 0 Å². The highest BCUT2D eigenvalue weighted by Crippen LogP contribution is 2.33. The summed E-state index contributed by atoms with van der Waals surface area (Å²) in [4.78, 5) is 3.55. The standard InChI is InChI=1S/C15H20N2/c1-9(2)11-4-5-13-12(6-11)15-10(3)7-16-8-14(15)17-13/h4-6,9-10,16-17H,7-8H2,1-3H3. The molecule has 0 bridgehead atoms. The predicted molar refractivity (Wildman–Crippen MR) is 72.5 cm³/mol. The maximum Gasteiger partial charge on any atom is 0.0459 e. The zero-order valence-corrected chi connectivity index (χ0v) is 10.8. The monoisotopic (exact) mass is 228 g/mol. The number of hydrogen-bond donors (Lipinski definition) is 2. The van der Waals surface area contributed by atoms with Crippen LogP contribution in [0.1, 0.15) is 49.4 Å². The maximum atomic E-state index is 3.55. The minimum absolute atomic E-state index is 0.599. The largest absolute Gasteiger partial charge is 0.357 e. The van der Waals surface area contributed by atoms with Crippen LogP contribution in [0.15, 0.2) is 18.2 Å². The molecule has 0 fully saturated rings. The van der Waals surface area contributed by atoms with E-state index in [-0.39, 0.29) is 0 Å². The van der Waals surface area contributed by atoms with Crippen LogP contribution in [0.3, 0.4) is 0 Å². The fourth-order valence-electron chi connectivity index (χ4n) is 2.86. The van der Waals surface area contributed by atoms with E-state index < -0.39 is 0 Å². The Morgan fingerprint density at radius 2 is 2.12 bits per heavy atom. The lowest BCUT2D eigenvalue weighted by Crippen LogP contribution is -2.26. The average molecular weight is 228 g/mol. The molecule has 1 aliphatic heterocycles. The molecule has 0 amide bonds. The topological polar surface area (TPSA) is 27.8 Å². The first kappa shape index (κ1) is 10.8. The molecule has 2 heterocycles. The normalized spacial score (nSPS) is 19.9. The first-order chi connectivity index (χ1) is 8.16. The first-order valence-corrected chi connectivity index (χ1v) is 6.52. The van der Waals surface area contributed by atoms with Gasteiger partial charge in [0.15, 0.2) is 0 Å². The van der Waals surface area contributed by atoms with E-state index in [1.165, 1.54) is 27.7 Å². The quantitative estimate of drug-likeness (QED) is 0.768. The molecular weight excluding hydrogens is 208 g/mol. The summed E-state index contributed by atoms with van der Waals surface area (Å²) in [5, 5.41) is 4.89. The lowest BCUT2D eigenvalue weighted by Gasteiger charge is -2.20. The number of hydrogen-bond acceptors (Lipinski definition) is 1. The van der Waals surface area contributed by atoms with Crippen molar-refractivity contribution in [1.29, 1.82) is 0 Å². The predicted octanol–water partition coefficient (Wildman–Crippen LogP) is 3.50. The summed E-state index contributed by atoms with van der Waals surface area (Å²) >= 11 is 0. The Hall–Kier alpha value is -1.28. The summed E-state index contributed by atoms with van der Waals surface area (Å²) in [6.45, 7) is 8.88.